The van der Waals surface area contributed by atoms with E-state index in [-0.39, 0.29) is 6.03 Å². The highest BCUT2D eigenvalue weighted by atomic mass is 32.1. The lowest BCUT2D eigenvalue weighted by Crippen LogP contribution is -2.47. The minimum atomic E-state index is 0.114. The summed E-state index contributed by atoms with van der Waals surface area (Å²) in [4.78, 5) is 17.9. The van der Waals surface area contributed by atoms with Crippen LogP contribution in [0.5, 0.6) is 0 Å². The summed E-state index contributed by atoms with van der Waals surface area (Å²) in [6.07, 6.45) is 3.45. The lowest BCUT2D eigenvalue weighted by molar-refractivity contribution is 0.178. The molecule has 1 unspecified atom stereocenters. The maximum atomic E-state index is 12.0. The Morgan fingerprint density at radius 2 is 2.20 bits per heavy atom. The van der Waals surface area contributed by atoms with Crippen molar-refractivity contribution in [3.63, 3.8) is 0 Å². The van der Waals surface area contributed by atoms with Gasteiger partial charge in [0.15, 0.2) is 0 Å². The maximum Gasteiger partial charge on any atom is 0.317 e. The van der Waals surface area contributed by atoms with Gasteiger partial charge in [-0.1, -0.05) is 0 Å². The van der Waals surface area contributed by atoms with E-state index in [0.717, 1.165) is 52.0 Å². The summed E-state index contributed by atoms with van der Waals surface area (Å²) >= 11 is 1.87. The van der Waals surface area contributed by atoms with Gasteiger partial charge in [-0.25, -0.2) is 4.79 Å². The van der Waals surface area contributed by atoms with Gasteiger partial charge in [-0.3, -0.25) is 4.90 Å². The molecule has 0 bridgehead atoms. The van der Waals surface area contributed by atoms with Crippen LogP contribution in [-0.4, -0.2) is 48.1 Å². The number of nitrogens with zero attached hydrogens (tertiary/aromatic N) is 2. The third kappa shape index (κ3) is 2.99. The molecular weight excluding hydrogens is 270 g/mol. The van der Waals surface area contributed by atoms with Crippen molar-refractivity contribution < 1.29 is 4.79 Å². The Morgan fingerprint density at radius 1 is 1.40 bits per heavy atom. The minimum absolute atomic E-state index is 0.114. The maximum absolute atomic E-state index is 12.0. The number of likely N-dealkylation sites (tertiary alicyclic amines) is 1. The summed E-state index contributed by atoms with van der Waals surface area (Å²) in [6, 6.07) is 2.75. The van der Waals surface area contributed by atoms with E-state index in [0.29, 0.717) is 6.04 Å². The van der Waals surface area contributed by atoms with Crippen LogP contribution in [0.1, 0.15) is 30.2 Å². The first kappa shape index (κ1) is 13.9. The fourth-order valence-corrected chi connectivity index (χ4v) is 3.93. The summed E-state index contributed by atoms with van der Waals surface area (Å²) in [6.45, 7) is 6.93. The van der Waals surface area contributed by atoms with Crippen LogP contribution in [0.4, 0.5) is 4.79 Å². The molecule has 20 heavy (non-hydrogen) atoms. The molecule has 0 radical (unpaired) electrons. The van der Waals surface area contributed by atoms with Crippen molar-refractivity contribution in [1.82, 2.24) is 15.1 Å². The van der Waals surface area contributed by atoms with Crippen molar-refractivity contribution in [3.05, 3.63) is 21.9 Å². The molecule has 1 N–H and O–H groups in total. The van der Waals surface area contributed by atoms with Gasteiger partial charge in [-0.15, -0.1) is 11.3 Å². The number of nitrogens with one attached hydrogen (secondary N) is 1. The van der Waals surface area contributed by atoms with Crippen LogP contribution in [0.2, 0.25) is 0 Å². The number of carbonyl (C=O) groups excluding carboxylic acids is 1. The number of thiophene rings is 1. The van der Waals surface area contributed by atoms with Crippen LogP contribution in [0.3, 0.4) is 0 Å². The van der Waals surface area contributed by atoms with E-state index in [4.69, 9.17) is 0 Å². The molecule has 1 aromatic rings. The van der Waals surface area contributed by atoms with E-state index in [2.05, 4.69) is 28.6 Å². The molecule has 1 saturated heterocycles. The number of fused-ring (bicyclic) bond motifs is 1. The fraction of sp³-hybridized carbons (Fsp3) is 0.667. The quantitative estimate of drug-likeness (QED) is 0.928. The van der Waals surface area contributed by atoms with Gasteiger partial charge in [0, 0.05) is 43.6 Å². The van der Waals surface area contributed by atoms with E-state index < -0.39 is 0 Å². The van der Waals surface area contributed by atoms with Gasteiger partial charge in [0.2, 0.25) is 0 Å². The predicted octanol–water partition coefficient (Wildman–Crippen LogP) is 2.30. The average Bonchev–Trinajstić information content (AvgIpc) is 3.13. The molecule has 4 nitrogen and oxygen atoms in total. The second-order valence-electron chi connectivity index (χ2n) is 5.82. The summed E-state index contributed by atoms with van der Waals surface area (Å²) < 4.78 is 0. The zero-order chi connectivity index (χ0) is 13.9. The van der Waals surface area contributed by atoms with E-state index in [1.807, 2.05) is 16.2 Å². The van der Waals surface area contributed by atoms with Crippen molar-refractivity contribution in [2.24, 2.45) is 0 Å². The van der Waals surface area contributed by atoms with Gasteiger partial charge in [0.05, 0.1) is 0 Å². The average molecular weight is 293 g/mol. The molecule has 0 spiro atoms. The van der Waals surface area contributed by atoms with Crippen LogP contribution in [0.25, 0.3) is 0 Å². The largest absolute Gasteiger partial charge is 0.336 e. The zero-order valence-electron chi connectivity index (χ0n) is 12.1. The minimum Gasteiger partial charge on any atom is -0.336 e. The molecule has 0 saturated carbocycles. The second-order valence-corrected chi connectivity index (χ2v) is 6.82. The van der Waals surface area contributed by atoms with Gasteiger partial charge in [0.25, 0.3) is 0 Å². The lowest BCUT2D eigenvalue weighted by atomic mass is 10.1. The number of rotatable bonds is 3. The highest BCUT2D eigenvalue weighted by Crippen LogP contribution is 2.24. The molecule has 3 rings (SSSR count). The number of hydrogen-bond acceptors (Lipinski definition) is 3. The topological polar surface area (TPSA) is 35.6 Å². The summed E-state index contributed by atoms with van der Waals surface area (Å²) in [7, 11) is 0. The van der Waals surface area contributed by atoms with Crippen molar-refractivity contribution in [2.75, 3.05) is 26.2 Å². The summed E-state index contributed by atoms with van der Waals surface area (Å²) in [5, 5.41) is 5.28. The monoisotopic (exact) mass is 293 g/mol. The highest BCUT2D eigenvalue weighted by Gasteiger charge is 2.23. The molecule has 2 amide bonds. The third-order valence-corrected chi connectivity index (χ3v) is 5.43. The van der Waals surface area contributed by atoms with Crippen molar-refractivity contribution in [2.45, 2.75) is 38.8 Å². The molecule has 1 aromatic heterocycles. The normalized spacial score (nSPS) is 20.8. The van der Waals surface area contributed by atoms with E-state index in [1.54, 1.807) is 0 Å². The Bertz CT molecular complexity index is 467. The smallest absolute Gasteiger partial charge is 0.317 e. The lowest BCUT2D eigenvalue weighted by Gasteiger charge is -2.32. The molecule has 110 valence electrons. The number of hydrogen-bond donors (Lipinski definition) is 1. The van der Waals surface area contributed by atoms with Gasteiger partial charge < -0.3 is 10.2 Å². The Morgan fingerprint density at radius 3 is 3.00 bits per heavy atom. The van der Waals surface area contributed by atoms with Crippen molar-refractivity contribution >= 4 is 17.4 Å². The number of amides is 2. The summed E-state index contributed by atoms with van der Waals surface area (Å²) in [5.74, 6) is 0. The number of urea groups is 1. The first-order valence-corrected chi connectivity index (χ1v) is 8.44. The molecule has 1 fully saturated rings. The second kappa shape index (κ2) is 6.14. The fourth-order valence-electron chi connectivity index (χ4n) is 3.04. The molecule has 2 aliphatic heterocycles. The first-order valence-electron chi connectivity index (χ1n) is 7.56. The molecular formula is C15H23N3OS. The van der Waals surface area contributed by atoms with Crippen LogP contribution in [-0.2, 0) is 13.0 Å². The SMILES string of the molecule is CC(CNC(=O)N1CCCC1)N1CCc2sccc2C1. The highest BCUT2D eigenvalue weighted by molar-refractivity contribution is 7.10. The van der Waals surface area contributed by atoms with Crippen LogP contribution < -0.4 is 5.32 Å². The van der Waals surface area contributed by atoms with Crippen molar-refractivity contribution in [3.8, 4) is 0 Å². The molecule has 5 heteroatoms. The molecule has 2 aliphatic rings. The molecule has 3 heterocycles. The molecule has 1 atom stereocenters. The first-order chi connectivity index (χ1) is 9.74. The van der Waals surface area contributed by atoms with E-state index in [1.165, 1.54) is 10.4 Å². The van der Waals surface area contributed by atoms with E-state index in [9.17, 15) is 4.79 Å². The van der Waals surface area contributed by atoms with Crippen LogP contribution in [0, 0.1) is 0 Å². The standard InChI is InChI=1S/C15H23N3OS/c1-12(10-16-15(19)17-6-2-3-7-17)18-8-4-14-13(11-18)5-9-20-14/h5,9,12H,2-4,6-8,10-11H2,1H3,(H,16,19). The Labute approximate surface area is 124 Å². The van der Waals surface area contributed by atoms with Crippen LogP contribution in [0.15, 0.2) is 11.4 Å². The van der Waals surface area contributed by atoms with Crippen LogP contribution >= 0.6 is 11.3 Å². The summed E-state index contributed by atoms with van der Waals surface area (Å²) in [5.41, 5.74) is 1.47. The Balaban J connectivity index is 1.47. The zero-order valence-corrected chi connectivity index (χ0v) is 12.9. The number of carbonyl (C=O) groups is 1. The van der Waals surface area contributed by atoms with E-state index >= 15 is 0 Å². The Kier molecular flexibility index (Phi) is 4.27. The van der Waals surface area contributed by atoms with Gasteiger partial charge in [-0.2, -0.15) is 0 Å². The van der Waals surface area contributed by atoms with Gasteiger partial charge in [-0.05, 0) is 43.2 Å². The molecule has 0 aliphatic carbocycles. The Hall–Kier alpha value is -1.07. The van der Waals surface area contributed by atoms with Gasteiger partial charge in [0.1, 0.15) is 0 Å². The predicted molar refractivity (Wildman–Crippen MR) is 82.1 cm³/mol. The van der Waals surface area contributed by atoms with Crippen molar-refractivity contribution in [1.29, 1.82) is 0 Å². The third-order valence-electron chi connectivity index (χ3n) is 4.40. The van der Waals surface area contributed by atoms with Gasteiger partial charge >= 0.3 is 6.03 Å². The molecule has 0 aromatic carbocycles.